The normalized spacial score (nSPS) is 14.4. The summed E-state index contributed by atoms with van der Waals surface area (Å²) >= 11 is 0. The van der Waals surface area contributed by atoms with E-state index in [1.807, 2.05) is 0 Å². The topological polar surface area (TPSA) is 94.2 Å². The average Bonchev–Trinajstić information content (AvgIpc) is 2.87. The second-order valence-electron chi connectivity index (χ2n) is 7.69. The lowest BCUT2D eigenvalue weighted by Crippen LogP contribution is -2.47. The fourth-order valence-electron chi connectivity index (χ4n) is 3.53. The number of anilines is 2. The Morgan fingerprint density at radius 3 is 2.38 bits per heavy atom. The van der Waals surface area contributed by atoms with Gasteiger partial charge in [-0.15, -0.1) is 0 Å². The molecule has 0 fully saturated rings. The van der Waals surface area contributed by atoms with Crippen molar-refractivity contribution in [3.63, 3.8) is 0 Å². The number of carbonyl (C=O) groups is 3. The van der Waals surface area contributed by atoms with Crippen molar-refractivity contribution in [2.45, 2.75) is 19.6 Å². The van der Waals surface area contributed by atoms with Crippen LogP contribution in [0.3, 0.4) is 0 Å². The Bertz CT molecular complexity index is 1190. The molecule has 1 atom stereocenters. The highest BCUT2D eigenvalue weighted by atomic mass is 16.6. The molecular formula is C26H24N2O6. The van der Waals surface area contributed by atoms with Gasteiger partial charge < -0.3 is 24.4 Å². The van der Waals surface area contributed by atoms with Gasteiger partial charge in [0.05, 0.1) is 19.3 Å². The lowest BCUT2D eigenvalue weighted by atomic mass is 10.1. The van der Waals surface area contributed by atoms with Crippen molar-refractivity contribution >= 4 is 29.2 Å². The van der Waals surface area contributed by atoms with Gasteiger partial charge in [0.25, 0.3) is 5.91 Å². The van der Waals surface area contributed by atoms with Crippen LogP contribution in [-0.4, -0.2) is 37.5 Å². The van der Waals surface area contributed by atoms with Crippen LogP contribution in [-0.2, 0) is 20.9 Å². The van der Waals surface area contributed by atoms with Crippen molar-refractivity contribution in [3.05, 3.63) is 83.9 Å². The van der Waals surface area contributed by atoms with Gasteiger partial charge >= 0.3 is 5.97 Å². The Morgan fingerprint density at radius 2 is 1.71 bits per heavy atom. The third-order valence-electron chi connectivity index (χ3n) is 5.36. The molecule has 4 rings (SSSR count). The maximum atomic E-state index is 12.6. The van der Waals surface area contributed by atoms with Crippen molar-refractivity contribution in [2.75, 3.05) is 23.9 Å². The molecule has 0 aliphatic carbocycles. The summed E-state index contributed by atoms with van der Waals surface area (Å²) in [5.41, 5.74) is 2.46. The summed E-state index contributed by atoms with van der Waals surface area (Å²) < 4.78 is 16.3. The van der Waals surface area contributed by atoms with Gasteiger partial charge in [0.15, 0.2) is 0 Å². The fraction of sp³-hybridized carbons (Fsp3) is 0.192. The Morgan fingerprint density at radius 1 is 1.00 bits per heavy atom. The fourth-order valence-corrected chi connectivity index (χ4v) is 3.53. The lowest BCUT2D eigenvalue weighted by Gasteiger charge is -2.33. The maximum Gasteiger partial charge on any atom is 0.349 e. The quantitative estimate of drug-likeness (QED) is 0.563. The zero-order valence-electron chi connectivity index (χ0n) is 18.8. The first-order valence-electron chi connectivity index (χ1n) is 10.7. The van der Waals surface area contributed by atoms with Crippen LogP contribution in [0.4, 0.5) is 11.4 Å². The number of methoxy groups -OCH3 is 1. The van der Waals surface area contributed by atoms with Gasteiger partial charge in [-0.3, -0.25) is 9.59 Å². The molecule has 2 amide bonds. The second kappa shape index (κ2) is 10.1. The summed E-state index contributed by atoms with van der Waals surface area (Å²) in [7, 11) is 1.58. The van der Waals surface area contributed by atoms with E-state index in [-0.39, 0.29) is 25.0 Å². The standard InChI is InChI=1S/C26H24N2O6/c1-17(29)28-15-24(34-23-6-4-3-5-22(23)28)26(31)33-16-18-7-9-19(10-8-18)25(30)27-20-11-13-21(32-2)14-12-20/h3-14,24H,15-16H2,1-2H3,(H,27,30)/t24-/m1/s1. The van der Waals surface area contributed by atoms with Gasteiger partial charge in [-0.2, -0.15) is 0 Å². The molecule has 1 heterocycles. The molecule has 8 heteroatoms. The van der Waals surface area contributed by atoms with Gasteiger partial charge in [0, 0.05) is 18.2 Å². The largest absolute Gasteiger partial charge is 0.497 e. The summed E-state index contributed by atoms with van der Waals surface area (Å²) in [4.78, 5) is 38.6. The van der Waals surface area contributed by atoms with Crippen LogP contribution in [0.5, 0.6) is 11.5 Å². The van der Waals surface area contributed by atoms with Crippen LogP contribution in [0.15, 0.2) is 72.8 Å². The third kappa shape index (κ3) is 5.17. The minimum Gasteiger partial charge on any atom is -0.497 e. The first kappa shape index (κ1) is 22.8. The Kier molecular flexibility index (Phi) is 6.77. The maximum absolute atomic E-state index is 12.6. The molecule has 1 aliphatic rings. The molecule has 1 N–H and O–H groups in total. The van der Waals surface area contributed by atoms with Crippen LogP contribution in [0.25, 0.3) is 0 Å². The summed E-state index contributed by atoms with van der Waals surface area (Å²) in [6, 6.07) is 20.8. The highest BCUT2D eigenvalue weighted by molar-refractivity contribution is 6.04. The van der Waals surface area contributed by atoms with Crippen LogP contribution >= 0.6 is 0 Å². The first-order valence-corrected chi connectivity index (χ1v) is 10.7. The van der Waals surface area contributed by atoms with Crippen LogP contribution in [0, 0.1) is 0 Å². The van der Waals surface area contributed by atoms with Crippen molar-refractivity contribution in [2.24, 2.45) is 0 Å². The zero-order chi connectivity index (χ0) is 24.1. The van der Waals surface area contributed by atoms with E-state index in [9.17, 15) is 14.4 Å². The number of benzene rings is 3. The Labute approximate surface area is 197 Å². The molecule has 34 heavy (non-hydrogen) atoms. The first-order chi connectivity index (χ1) is 16.4. The lowest BCUT2D eigenvalue weighted by molar-refractivity contribution is -0.153. The molecule has 3 aromatic rings. The Hall–Kier alpha value is -4.33. The number of ether oxygens (including phenoxy) is 3. The predicted molar refractivity (Wildman–Crippen MR) is 126 cm³/mol. The number of hydrogen-bond donors (Lipinski definition) is 1. The molecular weight excluding hydrogens is 436 g/mol. The smallest absolute Gasteiger partial charge is 0.349 e. The van der Waals surface area contributed by atoms with Gasteiger partial charge in [-0.25, -0.2) is 4.79 Å². The monoisotopic (exact) mass is 460 g/mol. The van der Waals surface area contributed by atoms with Crippen molar-refractivity contribution < 1.29 is 28.6 Å². The molecule has 0 bridgehead atoms. The number of para-hydroxylation sites is 2. The second-order valence-corrected chi connectivity index (χ2v) is 7.69. The summed E-state index contributed by atoms with van der Waals surface area (Å²) in [6.45, 7) is 1.53. The Balaban J connectivity index is 1.33. The van der Waals surface area contributed by atoms with Crippen LogP contribution in [0.2, 0.25) is 0 Å². The molecule has 0 saturated carbocycles. The average molecular weight is 460 g/mol. The van der Waals surface area contributed by atoms with E-state index < -0.39 is 12.1 Å². The van der Waals surface area contributed by atoms with Crippen LogP contribution in [0.1, 0.15) is 22.8 Å². The highest BCUT2D eigenvalue weighted by Crippen LogP contribution is 2.33. The van der Waals surface area contributed by atoms with Crippen molar-refractivity contribution in [3.8, 4) is 11.5 Å². The van der Waals surface area contributed by atoms with Gasteiger partial charge in [0.1, 0.15) is 18.1 Å². The molecule has 0 radical (unpaired) electrons. The minimum atomic E-state index is -0.923. The number of nitrogens with one attached hydrogen (secondary N) is 1. The van der Waals surface area contributed by atoms with Gasteiger partial charge in [-0.05, 0) is 54.1 Å². The van der Waals surface area contributed by atoms with E-state index in [1.165, 1.54) is 11.8 Å². The number of fused-ring (bicyclic) bond motifs is 1. The summed E-state index contributed by atoms with van der Waals surface area (Å²) in [5, 5.41) is 2.82. The minimum absolute atomic E-state index is 0.0147. The molecule has 0 spiro atoms. The molecule has 8 nitrogen and oxygen atoms in total. The zero-order valence-corrected chi connectivity index (χ0v) is 18.8. The van der Waals surface area contributed by atoms with Crippen LogP contribution < -0.4 is 19.7 Å². The number of nitrogens with zero attached hydrogens (tertiary/aromatic N) is 1. The van der Waals surface area contributed by atoms with Gasteiger partial charge in [-0.1, -0.05) is 24.3 Å². The predicted octanol–water partition coefficient (Wildman–Crippen LogP) is 3.80. The third-order valence-corrected chi connectivity index (χ3v) is 5.36. The van der Waals surface area contributed by atoms with E-state index in [0.29, 0.717) is 34.0 Å². The van der Waals surface area contributed by atoms with E-state index >= 15 is 0 Å². The molecule has 0 unspecified atom stereocenters. The molecule has 3 aromatic carbocycles. The molecule has 1 aliphatic heterocycles. The molecule has 174 valence electrons. The van der Waals surface area contributed by atoms with Crippen molar-refractivity contribution in [1.29, 1.82) is 0 Å². The number of carbonyl (C=O) groups excluding carboxylic acids is 3. The van der Waals surface area contributed by atoms with Gasteiger partial charge in [0.2, 0.25) is 12.0 Å². The number of hydrogen-bond acceptors (Lipinski definition) is 6. The van der Waals surface area contributed by atoms with E-state index in [0.717, 1.165) is 0 Å². The number of rotatable bonds is 6. The number of esters is 1. The van der Waals surface area contributed by atoms with E-state index in [4.69, 9.17) is 14.2 Å². The summed E-state index contributed by atoms with van der Waals surface area (Å²) in [6.07, 6.45) is -0.923. The number of amides is 2. The van der Waals surface area contributed by atoms with E-state index in [1.54, 1.807) is 79.9 Å². The van der Waals surface area contributed by atoms with E-state index in [2.05, 4.69) is 5.32 Å². The SMILES string of the molecule is COc1ccc(NC(=O)c2ccc(COC(=O)[C@H]3CN(C(C)=O)c4ccccc4O3)cc2)cc1. The molecule has 0 saturated heterocycles. The van der Waals surface area contributed by atoms with Crippen molar-refractivity contribution in [1.82, 2.24) is 0 Å². The highest BCUT2D eigenvalue weighted by Gasteiger charge is 2.33. The molecule has 0 aromatic heterocycles. The summed E-state index contributed by atoms with van der Waals surface area (Å²) in [5.74, 6) is 0.151.